The molecule has 0 heterocycles. The van der Waals surface area contributed by atoms with Crippen molar-refractivity contribution in [2.45, 2.75) is 45.4 Å². The number of aryl methyl sites for hydroxylation is 2. The van der Waals surface area contributed by atoms with Gasteiger partial charge in [0.1, 0.15) is 0 Å². The fourth-order valence-corrected chi connectivity index (χ4v) is 2.59. The molecule has 0 N–H and O–H groups in total. The molecule has 0 bridgehead atoms. The monoisotopic (exact) mass is 220 g/mol. The van der Waals surface area contributed by atoms with Gasteiger partial charge >= 0.3 is 0 Å². The number of hydrogen-bond donors (Lipinski definition) is 0. The van der Waals surface area contributed by atoms with Crippen molar-refractivity contribution >= 4 is 11.8 Å². The Hall–Kier alpha value is -0.690. The second-order valence-electron chi connectivity index (χ2n) is 4.05. The predicted octanol–water partition coefficient (Wildman–Crippen LogP) is 4.88. The van der Waals surface area contributed by atoms with Gasteiger partial charge in [-0.15, -0.1) is 0 Å². The van der Waals surface area contributed by atoms with Crippen molar-refractivity contribution in [2.24, 2.45) is 0 Å². The minimum Gasteiger partial charge on any atom is -0.0949 e. The van der Waals surface area contributed by atoms with E-state index in [1.807, 2.05) is 11.8 Å². The number of thioether (sulfide) groups is 1. The lowest BCUT2D eigenvalue weighted by Gasteiger charge is -2.13. The first kappa shape index (κ1) is 12.4. The highest BCUT2D eigenvalue weighted by atomic mass is 32.2. The van der Waals surface area contributed by atoms with Crippen LogP contribution in [-0.2, 0) is 6.42 Å². The van der Waals surface area contributed by atoms with E-state index in [2.05, 4.69) is 46.4 Å². The molecule has 0 amide bonds. The maximum atomic E-state index is 3.99. The molecular weight excluding hydrogens is 200 g/mol. The lowest BCUT2D eigenvalue weighted by atomic mass is 10.0. The van der Waals surface area contributed by atoms with Crippen LogP contribution in [0.5, 0.6) is 0 Å². The van der Waals surface area contributed by atoms with Crippen molar-refractivity contribution < 1.29 is 0 Å². The summed E-state index contributed by atoms with van der Waals surface area (Å²) in [5, 5.41) is 0. The molecule has 82 valence electrons. The van der Waals surface area contributed by atoms with Gasteiger partial charge in [-0.2, -0.15) is 0 Å². The predicted molar refractivity (Wildman–Crippen MR) is 70.6 cm³/mol. The summed E-state index contributed by atoms with van der Waals surface area (Å²) in [6, 6.07) is 4.49. The summed E-state index contributed by atoms with van der Waals surface area (Å²) < 4.78 is 0. The Balaban J connectivity index is 3.15. The zero-order valence-electron chi connectivity index (χ0n) is 10.2. The van der Waals surface area contributed by atoms with Crippen molar-refractivity contribution in [1.82, 2.24) is 0 Å². The van der Waals surface area contributed by atoms with E-state index in [4.69, 9.17) is 0 Å². The number of allylic oxidation sites excluding steroid dienone is 1. The van der Waals surface area contributed by atoms with Gasteiger partial charge in [-0.1, -0.05) is 43.8 Å². The van der Waals surface area contributed by atoms with Crippen LogP contribution in [0.4, 0.5) is 0 Å². The third kappa shape index (κ3) is 3.13. The molecule has 0 saturated carbocycles. The summed E-state index contributed by atoms with van der Waals surface area (Å²) in [7, 11) is 0. The smallest absolute Gasteiger partial charge is 0.0182 e. The average molecular weight is 220 g/mol. The summed E-state index contributed by atoms with van der Waals surface area (Å²) in [6.45, 7) is 12.7. The van der Waals surface area contributed by atoms with Crippen molar-refractivity contribution in [3.05, 3.63) is 40.3 Å². The summed E-state index contributed by atoms with van der Waals surface area (Å²) in [4.78, 5) is 2.59. The Labute approximate surface area is 97.8 Å². The van der Waals surface area contributed by atoms with Crippen LogP contribution in [0.3, 0.4) is 0 Å². The van der Waals surface area contributed by atoms with Crippen LogP contribution in [0.1, 0.15) is 37.0 Å². The SMILES string of the molecule is C=C(C)Sc1c(CCC)ccc(C)c1C. The Bertz CT molecular complexity index is 364. The standard InChI is InChI=1S/C14H20S/c1-6-7-13-9-8-11(4)12(5)14(13)15-10(2)3/h8-9H,2,6-7H2,1,3-5H3. The molecule has 0 aromatic heterocycles. The lowest BCUT2D eigenvalue weighted by molar-refractivity contribution is 0.894. The molecule has 1 rings (SSSR count). The molecule has 0 aliphatic heterocycles. The van der Waals surface area contributed by atoms with Gasteiger partial charge in [-0.25, -0.2) is 0 Å². The number of hydrogen-bond acceptors (Lipinski definition) is 1. The Morgan fingerprint density at radius 2 is 2.00 bits per heavy atom. The molecule has 0 aliphatic rings. The van der Waals surface area contributed by atoms with Gasteiger partial charge in [-0.3, -0.25) is 0 Å². The van der Waals surface area contributed by atoms with Gasteiger partial charge < -0.3 is 0 Å². The maximum absolute atomic E-state index is 3.99. The van der Waals surface area contributed by atoms with Gasteiger partial charge in [0.15, 0.2) is 0 Å². The molecule has 1 heteroatoms. The molecule has 1 aromatic rings. The van der Waals surface area contributed by atoms with Crippen LogP contribution >= 0.6 is 11.8 Å². The largest absolute Gasteiger partial charge is 0.0949 e. The van der Waals surface area contributed by atoms with E-state index >= 15 is 0 Å². The highest BCUT2D eigenvalue weighted by Crippen LogP contribution is 2.33. The van der Waals surface area contributed by atoms with Crippen molar-refractivity contribution in [1.29, 1.82) is 0 Å². The van der Waals surface area contributed by atoms with E-state index in [9.17, 15) is 0 Å². The van der Waals surface area contributed by atoms with Crippen LogP contribution in [0.25, 0.3) is 0 Å². The summed E-state index contributed by atoms with van der Waals surface area (Å²) in [5.41, 5.74) is 4.25. The average Bonchev–Trinajstić information content (AvgIpc) is 2.17. The highest BCUT2D eigenvalue weighted by Gasteiger charge is 2.08. The zero-order valence-corrected chi connectivity index (χ0v) is 11.0. The second-order valence-corrected chi connectivity index (χ2v) is 5.36. The Kier molecular flexibility index (Phi) is 4.46. The first-order chi connectivity index (χ1) is 7.06. The van der Waals surface area contributed by atoms with Crippen LogP contribution in [0.15, 0.2) is 28.5 Å². The van der Waals surface area contributed by atoms with Crippen molar-refractivity contribution in [3.8, 4) is 0 Å². The van der Waals surface area contributed by atoms with Gasteiger partial charge in [0.2, 0.25) is 0 Å². The van der Waals surface area contributed by atoms with Crippen molar-refractivity contribution in [2.75, 3.05) is 0 Å². The third-order valence-electron chi connectivity index (χ3n) is 2.55. The molecular formula is C14H20S. The Morgan fingerprint density at radius 1 is 1.33 bits per heavy atom. The van der Waals surface area contributed by atoms with Gasteiger partial charge in [-0.05, 0) is 48.8 Å². The van der Waals surface area contributed by atoms with E-state index in [1.165, 1.54) is 32.9 Å². The highest BCUT2D eigenvalue weighted by molar-refractivity contribution is 8.03. The molecule has 0 atom stereocenters. The van der Waals surface area contributed by atoms with E-state index < -0.39 is 0 Å². The fourth-order valence-electron chi connectivity index (χ4n) is 1.63. The van der Waals surface area contributed by atoms with Crippen LogP contribution in [-0.4, -0.2) is 0 Å². The minimum absolute atomic E-state index is 1.16. The molecule has 1 aromatic carbocycles. The minimum atomic E-state index is 1.16. The molecule has 0 radical (unpaired) electrons. The molecule has 0 aliphatic carbocycles. The zero-order chi connectivity index (χ0) is 11.4. The number of benzene rings is 1. The van der Waals surface area contributed by atoms with Gasteiger partial charge in [0, 0.05) is 4.90 Å². The Morgan fingerprint density at radius 3 is 2.53 bits per heavy atom. The van der Waals surface area contributed by atoms with Crippen LogP contribution in [0.2, 0.25) is 0 Å². The molecule has 0 saturated heterocycles. The molecule has 0 nitrogen and oxygen atoms in total. The van der Waals surface area contributed by atoms with Crippen LogP contribution < -0.4 is 0 Å². The third-order valence-corrected chi connectivity index (χ3v) is 3.67. The second kappa shape index (κ2) is 5.41. The van der Waals surface area contributed by atoms with Crippen molar-refractivity contribution in [3.63, 3.8) is 0 Å². The summed E-state index contributed by atoms with van der Waals surface area (Å²) in [6.07, 6.45) is 2.36. The topological polar surface area (TPSA) is 0 Å². The van der Waals surface area contributed by atoms with Crippen LogP contribution in [0, 0.1) is 13.8 Å². The van der Waals surface area contributed by atoms with E-state index in [1.54, 1.807) is 0 Å². The van der Waals surface area contributed by atoms with Gasteiger partial charge in [0.05, 0.1) is 0 Å². The summed E-state index contributed by atoms with van der Waals surface area (Å²) >= 11 is 1.81. The molecule has 0 fully saturated rings. The van der Waals surface area contributed by atoms with E-state index in [0.29, 0.717) is 0 Å². The molecule has 15 heavy (non-hydrogen) atoms. The van der Waals surface area contributed by atoms with E-state index in [0.717, 1.165) is 6.42 Å². The van der Waals surface area contributed by atoms with Gasteiger partial charge in [0.25, 0.3) is 0 Å². The number of rotatable bonds is 4. The molecule has 0 unspecified atom stereocenters. The normalized spacial score (nSPS) is 10.4. The quantitative estimate of drug-likeness (QED) is 0.652. The summed E-state index contributed by atoms with van der Waals surface area (Å²) in [5.74, 6) is 0. The maximum Gasteiger partial charge on any atom is 0.0182 e. The first-order valence-electron chi connectivity index (χ1n) is 5.48. The lowest BCUT2D eigenvalue weighted by Crippen LogP contribution is -1.93. The van der Waals surface area contributed by atoms with E-state index in [-0.39, 0.29) is 0 Å². The molecule has 0 spiro atoms. The fraction of sp³-hybridized carbons (Fsp3) is 0.429. The first-order valence-corrected chi connectivity index (χ1v) is 6.30.